The van der Waals surface area contributed by atoms with Gasteiger partial charge < -0.3 is 9.64 Å². The van der Waals surface area contributed by atoms with Crippen LogP contribution in [0.3, 0.4) is 0 Å². The number of hydrogen-bond donors (Lipinski definition) is 0. The van der Waals surface area contributed by atoms with E-state index in [1.165, 1.54) is 6.42 Å². The number of aliphatic imine (C=N–C) groups is 1. The van der Waals surface area contributed by atoms with Gasteiger partial charge in [-0.3, -0.25) is 4.90 Å². The summed E-state index contributed by atoms with van der Waals surface area (Å²) in [5, 5.41) is 0.618. The molecule has 0 saturated carbocycles. The molecule has 2 aliphatic rings. The molecule has 4 rings (SSSR count). The first-order valence-electron chi connectivity index (χ1n) is 8.88. The van der Waals surface area contributed by atoms with Crippen molar-refractivity contribution in [2.75, 3.05) is 32.7 Å². The van der Waals surface area contributed by atoms with Gasteiger partial charge in [0.25, 0.3) is 0 Å². The minimum atomic E-state index is 0.618. The molecule has 2 aliphatic heterocycles. The summed E-state index contributed by atoms with van der Waals surface area (Å²) in [5.74, 6) is 2.50. The lowest BCUT2D eigenvalue weighted by molar-refractivity contribution is 0.183. The van der Waals surface area contributed by atoms with Gasteiger partial charge in [-0.25, -0.2) is 4.99 Å². The monoisotopic (exact) mass is 355 g/mol. The second kappa shape index (κ2) is 7.06. The lowest BCUT2D eigenvalue weighted by Crippen LogP contribution is -2.49. The van der Waals surface area contributed by atoms with Crippen molar-refractivity contribution in [3.63, 3.8) is 0 Å². The molecule has 2 aromatic carbocycles. The lowest BCUT2D eigenvalue weighted by Gasteiger charge is -2.36. The van der Waals surface area contributed by atoms with Gasteiger partial charge >= 0.3 is 0 Å². The maximum atomic E-state index is 6.41. The van der Waals surface area contributed by atoms with Crippen LogP contribution in [-0.2, 0) is 0 Å². The van der Waals surface area contributed by atoms with E-state index in [0.717, 1.165) is 49.9 Å². The quantitative estimate of drug-likeness (QED) is 0.791. The lowest BCUT2D eigenvalue weighted by atomic mass is 10.1. The zero-order valence-electron chi connectivity index (χ0n) is 14.4. The largest absolute Gasteiger partial charge is 0.454 e. The van der Waals surface area contributed by atoms with Gasteiger partial charge in [0.15, 0.2) is 5.75 Å². The molecule has 0 bridgehead atoms. The number of rotatable bonds is 2. The van der Waals surface area contributed by atoms with Crippen molar-refractivity contribution in [1.29, 1.82) is 0 Å². The number of halogens is 1. The Morgan fingerprint density at radius 2 is 1.76 bits per heavy atom. The van der Waals surface area contributed by atoms with Gasteiger partial charge in [0.2, 0.25) is 0 Å². The zero-order valence-corrected chi connectivity index (χ0v) is 15.2. The molecular weight excluding hydrogens is 334 g/mol. The molecule has 2 heterocycles. The predicted octanol–water partition coefficient (Wildman–Crippen LogP) is 4.55. The third-order valence-corrected chi connectivity index (χ3v) is 5.03. The highest BCUT2D eigenvalue weighted by molar-refractivity contribution is 6.33. The summed E-state index contributed by atoms with van der Waals surface area (Å²) in [6.07, 6.45) is 1.20. The van der Waals surface area contributed by atoms with Crippen LogP contribution in [0.5, 0.6) is 11.5 Å². The molecule has 1 fully saturated rings. The van der Waals surface area contributed by atoms with Gasteiger partial charge in [-0.2, -0.15) is 0 Å². The summed E-state index contributed by atoms with van der Waals surface area (Å²) in [7, 11) is 0. The second-order valence-corrected chi connectivity index (χ2v) is 6.86. The average Bonchev–Trinajstić information content (AvgIpc) is 2.80. The van der Waals surface area contributed by atoms with Crippen LogP contribution in [0.2, 0.25) is 5.02 Å². The first kappa shape index (κ1) is 16.4. The average molecular weight is 356 g/mol. The molecule has 0 N–H and O–H groups in total. The first-order chi connectivity index (χ1) is 12.3. The Morgan fingerprint density at radius 3 is 2.56 bits per heavy atom. The summed E-state index contributed by atoms with van der Waals surface area (Å²) >= 11 is 6.41. The van der Waals surface area contributed by atoms with Gasteiger partial charge in [-0.1, -0.05) is 36.7 Å². The highest BCUT2D eigenvalue weighted by atomic mass is 35.5. The molecule has 2 aromatic rings. The fourth-order valence-corrected chi connectivity index (χ4v) is 3.66. The number of para-hydroxylation sites is 2. The summed E-state index contributed by atoms with van der Waals surface area (Å²) in [4.78, 5) is 9.81. The van der Waals surface area contributed by atoms with E-state index in [4.69, 9.17) is 21.3 Å². The molecule has 0 atom stereocenters. The zero-order chi connectivity index (χ0) is 17.2. The van der Waals surface area contributed by atoms with Crippen LogP contribution in [0.15, 0.2) is 47.5 Å². The van der Waals surface area contributed by atoms with Gasteiger partial charge in [-0.05, 0) is 37.2 Å². The molecule has 0 unspecified atom stereocenters. The van der Waals surface area contributed by atoms with Crippen LogP contribution < -0.4 is 4.74 Å². The van der Waals surface area contributed by atoms with Crippen LogP contribution >= 0.6 is 11.6 Å². The van der Waals surface area contributed by atoms with E-state index in [-0.39, 0.29) is 0 Å². The minimum Gasteiger partial charge on any atom is -0.454 e. The smallest absolute Gasteiger partial charge is 0.154 e. The second-order valence-electron chi connectivity index (χ2n) is 6.45. The van der Waals surface area contributed by atoms with Crippen molar-refractivity contribution in [2.45, 2.75) is 13.3 Å². The van der Waals surface area contributed by atoms with Crippen molar-refractivity contribution < 1.29 is 4.74 Å². The first-order valence-corrected chi connectivity index (χ1v) is 9.26. The van der Waals surface area contributed by atoms with Gasteiger partial charge in [0, 0.05) is 26.2 Å². The Bertz CT molecular complexity index is 797. The van der Waals surface area contributed by atoms with E-state index >= 15 is 0 Å². The van der Waals surface area contributed by atoms with Crippen molar-refractivity contribution in [3.05, 3.63) is 53.1 Å². The van der Waals surface area contributed by atoms with Gasteiger partial charge in [0.05, 0.1) is 10.6 Å². The Kier molecular flexibility index (Phi) is 4.64. The van der Waals surface area contributed by atoms with E-state index in [1.54, 1.807) is 0 Å². The van der Waals surface area contributed by atoms with Crippen LogP contribution in [0.4, 0.5) is 5.69 Å². The Morgan fingerprint density at radius 1 is 1.00 bits per heavy atom. The summed E-state index contributed by atoms with van der Waals surface area (Å²) in [6, 6.07) is 13.8. The molecule has 25 heavy (non-hydrogen) atoms. The number of piperazine rings is 1. The summed E-state index contributed by atoms with van der Waals surface area (Å²) < 4.78 is 6.13. The van der Waals surface area contributed by atoms with Crippen molar-refractivity contribution >= 4 is 23.1 Å². The van der Waals surface area contributed by atoms with Crippen molar-refractivity contribution in [2.24, 2.45) is 4.99 Å². The SMILES string of the molecule is CCCN1CCN(C2=Nc3c(Cl)cccc3Oc3ccccc32)CC1. The maximum Gasteiger partial charge on any atom is 0.154 e. The number of amidine groups is 1. The van der Waals surface area contributed by atoms with E-state index in [1.807, 2.05) is 36.4 Å². The predicted molar refractivity (Wildman–Crippen MR) is 102 cm³/mol. The Labute approximate surface area is 153 Å². The van der Waals surface area contributed by atoms with E-state index in [9.17, 15) is 0 Å². The highest BCUT2D eigenvalue weighted by Gasteiger charge is 2.26. The Hall–Kier alpha value is -2.04. The molecule has 130 valence electrons. The fraction of sp³-hybridized carbons (Fsp3) is 0.350. The molecule has 0 spiro atoms. The Balaban J connectivity index is 1.73. The maximum absolute atomic E-state index is 6.41. The van der Waals surface area contributed by atoms with Crippen molar-refractivity contribution in [1.82, 2.24) is 9.80 Å². The van der Waals surface area contributed by atoms with Crippen molar-refractivity contribution in [3.8, 4) is 11.5 Å². The molecule has 1 saturated heterocycles. The molecule has 5 heteroatoms. The van der Waals surface area contributed by atoms with Crippen LogP contribution in [0.25, 0.3) is 0 Å². The summed E-state index contributed by atoms with van der Waals surface area (Å²) in [6.45, 7) is 7.44. The topological polar surface area (TPSA) is 28.1 Å². The van der Waals surface area contributed by atoms with Gasteiger partial charge in [0.1, 0.15) is 17.3 Å². The molecule has 0 aromatic heterocycles. The number of nitrogens with zero attached hydrogens (tertiary/aromatic N) is 3. The highest BCUT2D eigenvalue weighted by Crippen LogP contribution is 2.42. The molecule has 0 radical (unpaired) electrons. The third-order valence-electron chi connectivity index (χ3n) is 4.73. The van der Waals surface area contributed by atoms with Crippen LogP contribution in [-0.4, -0.2) is 48.4 Å². The normalized spacial score (nSPS) is 17.2. The number of fused-ring (bicyclic) bond motifs is 2. The van der Waals surface area contributed by atoms with Crippen LogP contribution in [0.1, 0.15) is 18.9 Å². The number of hydrogen-bond acceptors (Lipinski definition) is 4. The number of ether oxygens (including phenoxy) is 1. The third kappa shape index (κ3) is 3.24. The van der Waals surface area contributed by atoms with Crippen LogP contribution in [0, 0.1) is 0 Å². The molecule has 0 amide bonds. The molecular formula is C20H22ClN3O. The molecule has 4 nitrogen and oxygen atoms in total. The van der Waals surface area contributed by atoms with E-state index in [2.05, 4.69) is 22.8 Å². The minimum absolute atomic E-state index is 0.618. The van der Waals surface area contributed by atoms with Gasteiger partial charge in [-0.15, -0.1) is 0 Å². The standard InChI is InChI=1S/C20H22ClN3O/c1-2-10-23-11-13-24(14-12-23)20-15-6-3-4-8-17(15)25-18-9-5-7-16(21)19(18)22-20/h3-9H,2,10-14H2,1H3. The fourth-order valence-electron chi connectivity index (χ4n) is 3.45. The number of benzene rings is 2. The van der Waals surface area contributed by atoms with E-state index < -0.39 is 0 Å². The summed E-state index contributed by atoms with van der Waals surface area (Å²) in [5.41, 5.74) is 1.74. The van der Waals surface area contributed by atoms with E-state index in [0.29, 0.717) is 16.5 Å². The molecule has 0 aliphatic carbocycles.